The Kier molecular flexibility index (Phi) is 16.6. The van der Waals surface area contributed by atoms with Crippen LogP contribution in [-0.4, -0.2) is 127 Å². The van der Waals surface area contributed by atoms with E-state index in [0.29, 0.717) is 5.56 Å². The van der Waals surface area contributed by atoms with Gasteiger partial charge in [-0.15, -0.1) is 0 Å². The number of hydrogen-bond acceptors (Lipinski definition) is 16. The van der Waals surface area contributed by atoms with E-state index < -0.39 is 125 Å². The van der Waals surface area contributed by atoms with Crippen molar-refractivity contribution in [3.63, 3.8) is 0 Å². The molecule has 19 nitrogen and oxygen atoms in total. The van der Waals surface area contributed by atoms with Crippen LogP contribution in [0.25, 0.3) is 0 Å². The summed E-state index contributed by atoms with van der Waals surface area (Å²) in [6.45, 7) is 10.1. The van der Waals surface area contributed by atoms with Crippen LogP contribution in [0.15, 0.2) is 102 Å². The predicted octanol–water partition coefficient (Wildman–Crippen LogP) is 3.92. The number of aliphatic carboxylic acids is 2. The Morgan fingerprint density at radius 2 is 1.27 bits per heavy atom. The molecule has 1 aliphatic heterocycles. The lowest BCUT2D eigenvalue weighted by Crippen LogP contribution is -2.82. The van der Waals surface area contributed by atoms with Gasteiger partial charge in [-0.25, -0.2) is 9.59 Å². The molecule has 0 radical (unpaired) electrons. The lowest BCUT2D eigenvalue weighted by molar-refractivity contribution is -0.346. The maximum Gasteiger partial charge on any atom is 0.338 e. The molecule has 2 saturated carbocycles. The number of carbonyl (C=O) groups excluding carboxylic acids is 6. The summed E-state index contributed by atoms with van der Waals surface area (Å²) in [6.07, 6.45) is -10.5. The number of rotatable bonds is 10. The molecular weight excluding hydrogens is 915 g/mol. The Morgan fingerprint density at radius 3 is 1.76 bits per heavy atom. The van der Waals surface area contributed by atoms with Crippen LogP contribution < -0.4 is 5.32 Å². The molecule has 1 heterocycles. The molecular formula is C51H59NO18. The van der Waals surface area contributed by atoms with Crippen LogP contribution in [0.3, 0.4) is 0 Å². The van der Waals surface area contributed by atoms with Gasteiger partial charge in [0.05, 0.1) is 35.6 Å². The summed E-state index contributed by atoms with van der Waals surface area (Å²) in [4.78, 5) is 101. The number of esters is 4. The topological polar surface area (TPSA) is 296 Å². The van der Waals surface area contributed by atoms with Gasteiger partial charge in [-0.1, -0.05) is 80.6 Å². The lowest BCUT2D eigenvalue weighted by atomic mass is 9.44. The highest BCUT2D eigenvalue weighted by Gasteiger charge is 2.78. The first kappa shape index (κ1) is 54.1. The van der Waals surface area contributed by atoms with E-state index in [1.807, 2.05) is 0 Å². The number of ether oxygens (including phenoxy) is 5. The number of aliphatic hydroxyl groups excluding tert-OH is 2. The third-order valence-electron chi connectivity index (χ3n) is 13.5. The monoisotopic (exact) mass is 973 g/mol. The fourth-order valence-corrected chi connectivity index (χ4v) is 10.2. The summed E-state index contributed by atoms with van der Waals surface area (Å²) in [6, 6.07) is 22.9. The molecule has 1 saturated heterocycles. The highest BCUT2D eigenvalue weighted by Crippen LogP contribution is 2.64. The summed E-state index contributed by atoms with van der Waals surface area (Å²) < 4.78 is 30.3. The SMILES string of the molecule is CC(=O)O.CC(=O)O.CC(=O)O[C@H]1C(=O)[C@@]2(C)[C@H]([C@H](OC(=O)c3ccccc3)[C@]3(O)C[C@H](OC(=O)[C@H](O)[C@@H](NC(=O)c4ccccc4)c4ccccc4)C(C)=C1C3(C)C)[C@]1(OC(C)=O)CO[C@@H]1C[C@@H]2O. The number of carbonyl (C=O) groups is 8. The first-order valence-electron chi connectivity index (χ1n) is 22.3. The molecule has 3 aromatic rings. The van der Waals surface area contributed by atoms with Crippen LogP contribution in [0.1, 0.15) is 101 Å². The Hall–Kier alpha value is -6.80. The van der Waals surface area contributed by atoms with E-state index in [-0.39, 0.29) is 35.3 Å². The number of aliphatic hydroxyl groups is 3. The van der Waals surface area contributed by atoms with E-state index in [9.17, 15) is 39.3 Å². The number of Topliss-reactive ketones (excluding diaryl/α,β-unsaturated/α-hetero) is 1. The van der Waals surface area contributed by atoms with Gasteiger partial charge in [0.2, 0.25) is 0 Å². The first-order valence-corrected chi connectivity index (χ1v) is 22.3. The average Bonchev–Trinajstić information content (AvgIpc) is 3.29. The van der Waals surface area contributed by atoms with Crippen molar-refractivity contribution < 1.29 is 87.6 Å². The normalized spacial score (nSPS) is 28.9. The fraction of sp³-hybridized carbons (Fsp3) is 0.451. The summed E-state index contributed by atoms with van der Waals surface area (Å²) in [5, 5.41) is 55.1. The second kappa shape index (κ2) is 21.5. The molecule has 19 heteroatoms. The van der Waals surface area contributed by atoms with Crippen LogP contribution >= 0.6 is 0 Å². The summed E-state index contributed by atoms with van der Waals surface area (Å²) in [5.41, 5.74) is -7.02. The minimum absolute atomic E-state index is 0.00289. The molecule has 0 unspecified atom stereocenters. The molecule has 1 amide bonds. The number of carboxylic acid groups (broad SMARTS) is 2. The van der Waals surface area contributed by atoms with Crippen molar-refractivity contribution in [2.24, 2.45) is 16.7 Å². The maximum absolute atomic E-state index is 15.5. The summed E-state index contributed by atoms with van der Waals surface area (Å²) in [5.74, 6) is -8.51. The highest BCUT2D eigenvalue weighted by molar-refractivity contribution is 5.96. The molecule has 0 spiro atoms. The van der Waals surface area contributed by atoms with Gasteiger partial charge >= 0.3 is 23.9 Å². The van der Waals surface area contributed by atoms with Crippen LogP contribution in [0, 0.1) is 16.7 Å². The molecule has 11 atom stereocenters. The summed E-state index contributed by atoms with van der Waals surface area (Å²) in [7, 11) is 0. The molecule has 3 aromatic carbocycles. The fourth-order valence-electron chi connectivity index (χ4n) is 10.2. The van der Waals surface area contributed by atoms with E-state index in [2.05, 4.69) is 5.32 Å². The smallest absolute Gasteiger partial charge is 0.338 e. The molecule has 0 aromatic heterocycles. The number of carboxylic acids is 2. The molecule has 4 aliphatic rings. The van der Waals surface area contributed by atoms with Gasteiger partial charge in [0.15, 0.2) is 23.6 Å². The number of hydrogen-bond donors (Lipinski definition) is 6. The molecule has 376 valence electrons. The predicted molar refractivity (Wildman–Crippen MR) is 244 cm³/mol. The first-order chi connectivity index (χ1) is 32.7. The van der Waals surface area contributed by atoms with Crippen LogP contribution in [0.5, 0.6) is 0 Å². The average molecular weight is 974 g/mol. The highest BCUT2D eigenvalue weighted by atomic mass is 16.6. The molecule has 6 N–H and O–H groups in total. The van der Waals surface area contributed by atoms with E-state index in [1.54, 1.807) is 92.7 Å². The largest absolute Gasteiger partial charge is 0.481 e. The van der Waals surface area contributed by atoms with Gasteiger partial charge in [0.1, 0.15) is 23.9 Å². The standard InChI is InChI=1S/C47H51NO14.2C2H4O2/c1-25-31(60-43(56)36(52)35(28-16-10-7-11-17-28)48-41(54)29-18-12-8-13-19-29)23-47(57)40(61-42(55)30-20-14-9-15-21-30)38-45(6,32(51)22-33-46(38,24-58-33)62-27(3)50)39(53)37(59-26(2)49)34(25)44(47,4)5;2*1-2(3)4/h7-21,31-33,35-38,40,51-52,57H,22-24H2,1-6H3,(H,48,54);2*1H3,(H,3,4)/t31-,32-,33+,35-,36+,37+,38-,40-,45+,46-,47+;;/m0../s1. The Bertz CT molecular complexity index is 2470. The Morgan fingerprint density at radius 1 is 0.757 bits per heavy atom. The van der Waals surface area contributed by atoms with E-state index in [1.165, 1.54) is 26.0 Å². The Labute approximate surface area is 403 Å². The van der Waals surface area contributed by atoms with Crippen molar-refractivity contribution in [3.05, 3.63) is 119 Å². The van der Waals surface area contributed by atoms with E-state index in [4.69, 9.17) is 43.5 Å². The third kappa shape index (κ3) is 10.7. The van der Waals surface area contributed by atoms with Crippen molar-refractivity contribution in [2.75, 3.05) is 6.61 Å². The van der Waals surface area contributed by atoms with Crippen molar-refractivity contribution >= 4 is 47.5 Å². The number of ketones is 1. The van der Waals surface area contributed by atoms with Crippen LogP contribution in [0.4, 0.5) is 0 Å². The maximum atomic E-state index is 15.5. The zero-order valence-corrected chi connectivity index (χ0v) is 39.9. The Balaban J connectivity index is 0.00000106. The summed E-state index contributed by atoms with van der Waals surface area (Å²) >= 11 is 0. The van der Waals surface area contributed by atoms with Crippen molar-refractivity contribution in [2.45, 2.75) is 122 Å². The van der Waals surface area contributed by atoms with E-state index >= 15 is 4.79 Å². The van der Waals surface area contributed by atoms with Gasteiger partial charge in [0, 0.05) is 51.5 Å². The third-order valence-corrected chi connectivity index (χ3v) is 13.5. The van der Waals surface area contributed by atoms with Crippen LogP contribution in [-0.2, 0) is 52.5 Å². The number of amides is 1. The zero-order valence-electron chi connectivity index (χ0n) is 39.9. The van der Waals surface area contributed by atoms with Crippen molar-refractivity contribution in [3.8, 4) is 0 Å². The number of fused-ring (bicyclic) bond motifs is 5. The van der Waals surface area contributed by atoms with Gasteiger partial charge in [-0.2, -0.15) is 0 Å². The minimum atomic E-state index is -2.39. The van der Waals surface area contributed by atoms with Gasteiger partial charge in [0.25, 0.3) is 17.8 Å². The van der Waals surface area contributed by atoms with Crippen LogP contribution in [0.2, 0.25) is 0 Å². The number of benzene rings is 3. The second-order valence-electron chi connectivity index (χ2n) is 18.4. The zero-order chi connectivity index (χ0) is 52.1. The van der Waals surface area contributed by atoms with Gasteiger partial charge < -0.3 is 54.5 Å². The molecule has 3 fully saturated rings. The van der Waals surface area contributed by atoms with Crippen molar-refractivity contribution in [1.82, 2.24) is 5.32 Å². The molecule has 2 bridgehead atoms. The van der Waals surface area contributed by atoms with Gasteiger partial charge in [-0.3, -0.25) is 28.8 Å². The van der Waals surface area contributed by atoms with E-state index in [0.717, 1.165) is 27.7 Å². The molecule has 3 aliphatic carbocycles. The molecule has 70 heavy (non-hydrogen) atoms. The quantitative estimate of drug-likeness (QED) is 0.0953. The minimum Gasteiger partial charge on any atom is -0.481 e. The molecule has 7 rings (SSSR count). The number of nitrogens with one attached hydrogen (secondary N) is 1. The van der Waals surface area contributed by atoms with Gasteiger partial charge in [-0.05, 0) is 54.8 Å². The lowest BCUT2D eigenvalue weighted by Gasteiger charge is -2.67. The van der Waals surface area contributed by atoms with Crippen molar-refractivity contribution in [1.29, 1.82) is 0 Å². The second-order valence-corrected chi connectivity index (χ2v) is 18.4.